The predicted molar refractivity (Wildman–Crippen MR) is 99.0 cm³/mol. The molecule has 2 aromatic carbocycles. The summed E-state index contributed by atoms with van der Waals surface area (Å²) in [7, 11) is 1.55. The van der Waals surface area contributed by atoms with Crippen molar-refractivity contribution in [3.63, 3.8) is 0 Å². The second-order valence-electron chi connectivity index (χ2n) is 5.74. The van der Waals surface area contributed by atoms with Crippen molar-refractivity contribution in [2.45, 2.75) is 11.8 Å². The number of aryl methyl sites for hydroxylation is 1. The zero-order chi connectivity index (χ0) is 17.8. The molecule has 0 saturated carbocycles. The maximum atomic E-state index is 12.9. The summed E-state index contributed by atoms with van der Waals surface area (Å²) in [6.45, 7) is 2.56. The Labute approximate surface area is 151 Å². The zero-order valence-corrected chi connectivity index (χ0v) is 15.0. The molecule has 4 nitrogen and oxygen atoms in total. The molecule has 1 aliphatic heterocycles. The average Bonchev–Trinajstić information content (AvgIpc) is 2.85. The molecular formula is C20H19NO3S. The summed E-state index contributed by atoms with van der Waals surface area (Å²) in [6.07, 6.45) is 0. The van der Waals surface area contributed by atoms with Gasteiger partial charge >= 0.3 is 0 Å². The largest absolute Gasteiger partial charge is 0.383 e. The number of hydrogen-bond donors (Lipinski definition) is 0. The van der Waals surface area contributed by atoms with Gasteiger partial charge in [-0.25, -0.2) is 0 Å². The minimum atomic E-state index is -0.260. The van der Waals surface area contributed by atoms with E-state index >= 15 is 0 Å². The normalized spacial score (nSPS) is 14.6. The first-order valence-electron chi connectivity index (χ1n) is 8.01. The Morgan fingerprint density at radius 1 is 0.960 bits per heavy atom. The number of methoxy groups -OCH3 is 1. The molecule has 2 amide bonds. The quantitative estimate of drug-likeness (QED) is 0.746. The molecule has 0 aliphatic carbocycles. The zero-order valence-electron chi connectivity index (χ0n) is 14.2. The summed E-state index contributed by atoms with van der Waals surface area (Å²) < 4.78 is 5.04. The Bertz CT molecular complexity index is 813. The molecule has 5 heteroatoms. The number of nitrogens with zero attached hydrogens (tertiary/aromatic N) is 1. The fraction of sp³-hybridized carbons (Fsp3) is 0.200. The Balaban J connectivity index is 2.02. The van der Waals surface area contributed by atoms with Crippen LogP contribution in [0.5, 0.6) is 0 Å². The van der Waals surface area contributed by atoms with Crippen molar-refractivity contribution in [1.82, 2.24) is 4.90 Å². The van der Waals surface area contributed by atoms with Crippen LogP contribution in [0.2, 0.25) is 0 Å². The lowest BCUT2D eigenvalue weighted by Gasteiger charge is -2.14. The van der Waals surface area contributed by atoms with Gasteiger partial charge in [0.05, 0.1) is 23.6 Å². The van der Waals surface area contributed by atoms with Gasteiger partial charge < -0.3 is 4.74 Å². The number of benzene rings is 2. The lowest BCUT2D eigenvalue weighted by atomic mass is 10.0. The van der Waals surface area contributed by atoms with Gasteiger partial charge in [0.25, 0.3) is 11.8 Å². The molecule has 25 heavy (non-hydrogen) atoms. The molecular weight excluding hydrogens is 334 g/mol. The SMILES string of the molecule is COCCN1C(=O)C(Sc2ccccc2)=C(c2ccc(C)cc2)C1=O. The van der Waals surface area contributed by atoms with Crippen LogP contribution < -0.4 is 0 Å². The van der Waals surface area contributed by atoms with Crippen molar-refractivity contribution in [2.24, 2.45) is 0 Å². The van der Waals surface area contributed by atoms with Gasteiger partial charge in [0.1, 0.15) is 0 Å². The van der Waals surface area contributed by atoms with E-state index in [2.05, 4.69) is 0 Å². The highest BCUT2D eigenvalue weighted by molar-refractivity contribution is 8.04. The van der Waals surface area contributed by atoms with Gasteiger partial charge in [-0.15, -0.1) is 0 Å². The monoisotopic (exact) mass is 353 g/mol. The van der Waals surface area contributed by atoms with E-state index in [9.17, 15) is 9.59 Å². The number of carbonyl (C=O) groups excluding carboxylic acids is 2. The van der Waals surface area contributed by atoms with Crippen LogP contribution in [-0.4, -0.2) is 37.0 Å². The molecule has 3 rings (SSSR count). The lowest BCUT2D eigenvalue weighted by Crippen LogP contribution is -2.34. The van der Waals surface area contributed by atoms with E-state index < -0.39 is 0 Å². The first-order chi connectivity index (χ1) is 12.1. The Morgan fingerprint density at radius 2 is 1.64 bits per heavy atom. The number of rotatable bonds is 6. The maximum Gasteiger partial charge on any atom is 0.268 e. The number of carbonyl (C=O) groups is 2. The molecule has 0 bridgehead atoms. The molecule has 0 fully saturated rings. The molecule has 1 aliphatic rings. The fourth-order valence-corrected chi connectivity index (χ4v) is 3.65. The number of amides is 2. The molecule has 1 heterocycles. The van der Waals surface area contributed by atoms with Crippen LogP contribution in [0.25, 0.3) is 5.57 Å². The molecule has 0 N–H and O–H groups in total. The van der Waals surface area contributed by atoms with Crippen LogP contribution in [0.4, 0.5) is 0 Å². The van der Waals surface area contributed by atoms with E-state index in [0.29, 0.717) is 17.1 Å². The average molecular weight is 353 g/mol. The van der Waals surface area contributed by atoms with Crippen molar-refractivity contribution >= 4 is 29.1 Å². The minimum Gasteiger partial charge on any atom is -0.383 e. The summed E-state index contributed by atoms with van der Waals surface area (Å²) in [5.74, 6) is -0.518. The Hall–Kier alpha value is -2.37. The topological polar surface area (TPSA) is 46.6 Å². The molecule has 2 aromatic rings. The van der Waals surface area contributed by atoms with Crippen molar-refractivity contribution < 1.29 is 14.3 Å². The van der Waals surface area contributed by atoms with E-state index in [4.69, 9.17) is 4.74 Å². The van der Waals surface area contributed by atoms with Crippen molar-refractivity contribution in [1.29, 1.82) is 0 Å². The van der Waals surface area contributed by atoms with Gasteiger partial charge in [-0.1, -0.05) is 59.8 Å². The number of hydrogen-bond acceptors (Lipinski definition) is 4. The van der Waals surface area contributed by atoms with E-state index in [1.54, 1.807) is 7.11 Å². The standard InChI is InChI=1S/C20H19NO3S/c1-14-8-10-15(11-9-14)17-18(25-16-6-4-3-5-7-16)20(23)21(19(17)22)12-13-24-2/h3-11H,12-13H2,1-2H3. The number of imide groups is 1. The van der Waals surface area contributed by atoms with E-state index in [-0.39, 0.29) is 18.4 Å². The molecule has 128 valence electrons. The highest BCUT2D eigenvalue weighted by Gasteiger charge is 2.39. The summed E-state index contributed by atoms with van der Waals surface area (Å²) in [5, 5.41) is 0. The van der Waals surface area contributed by atoms with E-state index in [0.717, 1.165) is 16.0 Å². The van der Waals surface area contributed by atoms with Crippen molar-refractivity contribution in [2.75, 3.05) is 20.3 Å². The highest BCUT2D eigenvalue weighted by Crippen LogP contribution is 2.39. The Kier molecular flexibility index (Phi) is 5.36. The first-order valence-corrected chi connectivity index (χ1v) is 8.83. The van der Waals surface area contributed by atoms with Crippen molar-refractivity contribution in [3.05, 3.63) is 70.6 Å². The first kappa shape index (κ1) is 17.5. The van der Waals surface area contributed by atoms with Gasteiger partial charge in [-0.2, -0.15) is 0 Å². The van der Waals surface area contributed by atoms with Crippen LogP contribution >= 0.6 is 11.8 Å². The van der Waals surface area contributed by atoms with Gasteiger partial charge in [-0.05, 0) is 24.6 Å². The Morgan fingerprint density at radius 3 is 2.28 bits per heavy atom. The van der Waals surface area contributed by atoms with E-state index in [1.807, 2.05) is 61.5 Å². The molecule has 0 aromatic heterocycles. The summed E-state index contributed by atoms with van der Waals surface area (Å²) in [4.78, 5) is 28.4. The molecule has 0 radical (unpaired) electrons. The second-order valence-corrected chi connectivity index (χ2v) is 6.82. The smallest absolute Gasteiger partial charge is 0.268 e. The van der Waals surface area contributed by atoms with Crippen LogP contribution in [-0.2, 0) is 14.3 Å². The third-order valence-corrected chi connectivity index (χ3v) is 5.04. The molecule has 0 saturated heterocycles. The van der Waals surface area contributed by atoms with Crippen LogP contribution in [0.3, 0.4) is 0 Å². The molecule has 0 spiro atoms. The van der Waals surface area contributed by atoms with Crippen LogP contribution in [0, 0.1) is 6.92 Å². The summed E-state index contributed by atoms with van der Waals surface area (Å²) >= 11 is 1.33. The lowest BCUT2D eigenvalue weighted by molar-refractivity contribution is -0.137. The van der Waals surface area contributed by atoms with Crippen LogP contribution in [0.1, 0.15) is 11.1 Å². The van der Waals surface area contributed by atoms with Gasteiger partial charge in [0.15, 0.2) is 0 Å². The van der Waals surface area contributed by atoms with Gasteiger partial charge in [0, 0.05) is 12.0 Å². The predicted octanol–water partition coefficient (Wildman–Crippen LogP) is 3.51. The molecule has 0 unspecified atom stereocenters. The summed E-state index contributed by atoms with van der Waals surface area (Å²) in [5.41, 5.74) is 2.34. The second kappa shape index (κ2) is 7.68. The highest BCUT2D eigenvalue weighted by atomic mass is 32.2. The molecule has 0 atom stereocenters. The fourth-order valence-electron chi connectivity index (χ4n) is 2.62. The maximum absolute atomic E-state index is 12.9. The van der Waals surface area contributed by atoms with Gasteiger partial charge in [0.2, 0.25) is 0 Å². The third-order valence-electron chi connectivity index (χ3n) is 3.95. The van der Waals surface area contributed by atoms with Gasteiger partial charge in [-0.3, -0.25) is 14.5 Å². The van der Waals surface area contributed by atoms with Crippen LogP contribution in [0.15, 0.2) is 64.4 Å². The third kappa shape index (κ3) is 3.67. The number of ether oxygens (including phenoxy) is 1. The minimum absolute atomic E-state index is 0.252. The van der Waals surface area contributed by atoms with Crippen molar-refractivity contribution in [3.8, 4) is 0 Å². The number of thioether (sulfide) groups is 1. The van der Waals surface area contributed by atoms with E-state index in [1.165, 1.54) is 16.7 Å². The summed E-state index contributed by atoms with van der Waals surface area (Å²) in [6, 6.07) is 17.3.